The van der Waals surface area contributed by atoms with Gasteiger partial charge in [-0.2, -0.15) is 4.31 Å². The number of aromatic nitrogens is 1. The molecule has 1 N–H and O–H groups in total. The van der Waals surface area contributed by atoms with E-state index in [1.807, 2.05) is 12.1 Å². The number of rotatable bonds is 6. The summed E-state index contributed by atoms with van der Waals surface area (Å²) in [6, 6.07) is 9.29. The van der Waals surface area contributed by atoms with Gasteiger partial charge in [0.25, 0.3) is 5.91 Å². The molecule has 0 fully saturated rings. The van der Waals surface area contributed by atoms with E-state index in [1.165, 1.54) is 33.9 Å². The van der Waals surface area contributed by atoms with Crippen molar-refractivity contribution < 1.29 is 18.3 Å². The van der Waals surface area contributed by atoms with E-state index in [0.29, 0.717) is 5.69 Å². The summed E-state index contributed by atoms with van der Waals surface area (Å²) >= 11 is 0. The van der Waals surface area contributed by atoms with Gasteiger partial charge in [-0.25, -0.2) is 13.4 Å². The van der Waals surface area contributed by atoms with E-state index < -0.39 is 16.1 Å². The summed E-state index contributed by atoms with van der Waals surface area (Å²) in [7, 11) is -0.183. The number of carbonyl (C=O) groups excluding carboxylic acids is 1. The van der Waals surface area contributed by atoms with Crippen molar-refractivity contribution in [2.75, 3.05) is 27.0 Å². The number of carbonyl (C=O) groups is 1. The Morgan fingerprint density at radius 2 is 1.97 bits per heavy atom. The first-order valence-corrected chi connectivity index (χ1v) is 13.2. The molecule has 33 heavy (non-hydrogen) atoms. The Kier molecular flexibility index (Phi) is 6.70. The van der Waals surface area contributed by atoms with Gasteiger partial charge in [0.05, 0.1) is 18.0 Å². The third-order valence-corrected chi connectivity index (χ3v) is 7.64. The lowest BCUT2D eigenvalue weighted by Gasteiger charge is -2.23. The maximum atomic E-state index is 12.8. The van der Waals surface area contributed by atoms with Crippen LogP contribution in [0.1, 0.15) is 65.3 Å². The molecule has 2 aliphatic rings. The number of aliphatic hydroxyl groups is 1. The van der Waals surface area contributed by atoms with Crippen LogP contribution in [-0.4, -0.2) is 60.6 Å². The van der Waals surface area contributed by atoms with E-state index in [-0.39, 0.29) is 31.2 Å². The molecule has 0 spiro atoms. The van der Waals surface area contributed by atoms with E-state index >= 15 is 0 Å². The molecule has 0 bridgehead atoms. The van der Waals surface area contributed by atoms with E-state index in [2.05, 4.69) is 18.2 Å². The first kappa shape index (κ1) is 23.6. The topological polar surface area (TPSA) is 90.8 Å². The zero-order valence-electron chi connectivity index (χ0n) is 19.4. The summed E-state index contributed by atoms with van der Waals surface area (Å²) in [6.45, 7) is 0.00772. The molecular formula is C25H31N3O4S. The minimum Gasteiger partial charge on any atom is -0.396 e. The number of aliphatic hydroxyl groups excluding tert-OH is 1. The Hall–Kier alpha value is -2.55. The molecule has 1 aliphatic heterocycles. The van der Waals surface area contributed by atoms with Crippen molar-refractivity contribution in [3.8, 4) is 11.3 Å². The predicted octanol–water partition coefficient (Wildman–Crippen LogP) is 3.61. The van der Waals surface area contributed by atoms with Gasteiger partial charge in [0.15, 0.2) is 0 Å². The number of fused-ring (bicyclic) bond motifs is 1. The lowest BCUT2D eigenvalue weighted by Crippen LogP contribution is -2.29. The molecule has 8 heteroatoms. The molecule has 0 radical (unpaired) electrons. The molecular weight excluding hydrogens is 438 g/mol. The van der Waals surface area contributed by atoms with Crippen LogP contribution in [0, 0.1) is 0 Å². The van der Waals surface area contributed by atoms with Gasteiger partial charge >= 0.3 is 0 Å². The van der Waals surface area contributed by atoms with Gasteiger partial charge in [0.1, 0.15) is 5.69 Å². The number of nitrogens with zero attached hydrogens (tertiary/aromatic N) is 3. The largest absolute Gasteiger partial charge is 0.396 e. The number of benzene rings is 1. The van der Waals surface area contributed by atoms with Crippen LogP contribution in [0.25, 0.3) is 16.8 Å². The van der Waals surface area contributed by atoms with E-state index in [4.69, 9.17) is 4.98 Å². The summed E-state index contributed by atoms with van der Waals surface area (Å²) < 4.78 is 26.5. The van der Waals surface area contributed by atoms with Gasteiger partial charge in [-0.1, -0.05) is 24.3 Å². The standard InChI is InChI=1S/C25H31N3O4S/c1-27(2)25(30)21-15-20-16-28(33(3,31)32)22(12-13-29)23(20)24(26-21)19-11-7-10-18(14-19)17-8-5-4-6-9-17/h7-8,10-11,14-15,22,29H,4-6,9,12-13,16H2,1-3H3/t22-/m1/s1. The highest BCUT2D eigenvalue weighted by Gasteiger charge is 2.39. The first-order chi connectivity index (χ1) is 15.7. The van der Waals surface area contributed by atoms with Crippen LogP contribution in [-0.2, 0) is 16.6 Å². The molecule has 1 aromatic carbocycles. The Labute approximate surface area is 195 Å². The molecule has 0 unspecified atom stereocenters. The quantitative estimate of drug-likeness (QED) is 0.698. The minimum absolute atomic E-state index is 0.152. The van der Waals surface area contributed by atoms with Crippen molar-refractivity contribution in [3.05, 3.63) is 58.8 Å². The molecule has 0 saturated carbocycles. The Morgan fingerprint density at radius 1 is 1.21 bits per heavy atom. The molecule has 2 heterocycles. The monoisotopic (exact) mass is 469 g/mol. The zero-order chi connectivity index (χ0) is 23.8. The Balaban J connectivity index is 1.91. The maximum Gasteiger partial charge on any atom is 0.271 e. The highest BCUT2D eigenvalue weighted by molar-refractivity contribution is 7.88. The van der Waals surface area contributed by atoms with Crippen LogP contribution in [0.15, 0.2) is 36.4 Å². The fourth-order valence-corrected chi connectivity index (χ4v) is 5.86. The van der Waals surface area contributed by atoms with E-state index in [1.54, 1.807) is 20.2 Å². The number of sulfonamides is 1. The number of pyridine rings is 1. The number of amides is 1. The summed E-state index contributed by atoms with van der Waals surface area (Å²) in [5.74, 6) is -0.235. The second kappa shape index (κ2) is 9.37. The van der Waals surface area contributed by atoms with Gasteiger partial charge in [-0.3, -0.25) is 4.79 Å². The second-order valence-corrected chi connectivity index (χ2v) is 11.0. The van der Waals surface area contributed by atoms with Crippen molar-refractivity contribution >= 4 is 21.5 Å². The molecule has 4 rings (SSSR count). The van der Waals surface area contributed by atoms with Crippen LogP contribution in [0.2, 0.25) is 0 Å². The summed E-state index contributed by atoms with van der Waals surface area (Å²) in [4.78, 5) is 19.0. The minimum atomic E-state index is -3.53. The average molecular weight is 470 g/mol. The highest BCUT2D eigenvalue weighted by atomic mass is 32.2. The summed E-state index contributed by atoms with van der Waals surface area (Å²) in [5, 5.41) is 9.72. The van der Waals surface area contributed by atoms with Crippen molar-refractivity contribution in [1.82, 2.24) is 14.2 Å². The van der Waals surface area contributed by atoms with Crippen molar-refractivity contribution in [1.29, 1.82) is 0 Å². The van der Waals surface area contributed by atoms with Crippen LogP contribution >= 0.6 is 0 Å². The predicted molar refractivity (Wildman–Crippen MR) is 129 cm³/mol. The molecule has 1 aliphatic carbocycles. The van der Waals surface area contributed by atoms with Crippen molar-refractivity contribution in [2.45, 2.75) is 44.7 Å². The van der Waals surface area contributed by atoms with Crippen LogP contribution in [0.3, 0.4) is 0 Å². The summed E-state index contributed by atoms with van der Waals surface area (Å²) in [5.41, 5.74) is 5.72. The number of hydrogen-bond acceptors (Lipinski definition) is 5. The molecule has 0 saturated heterocycles. The molecule has 1 atom stereocenters. The van der Waals surface area contributed by atoms with Crippen molar-refractivity contribution in [3.63, 3.8) is 0 Å². The van der Waals surface area contributed by atoms with Crippen LogP contribution in [0.4, 0.5) is 0 Å². The van der Waals surface area contributed by atoms with Crippen molar-refractivity contribution in [2.24, 2.45) is 0 Å². The fraction of sp³-hybridized carbons (Fsp3) is 0.440. The lowest BCUT2D eigenvalue weighted by atomic mass is 9.90. The average Bonchev–Trinajstić information content (AvgIpc) is 3.18. The molecule has 1 amide bonds. The van der Waals surface area contributed by atoms with Gasteiger partial charge in [-0.05, 0) is 60.9 Å². The van der Waals surface area contributed by atoms with Crippen LogP contribution < -0.4 is 0 Å². The third kappa shape index (κ3) is 4.74. The maximum absolute atomic E-state index is 12.8. The molecule has 7 nitrogen and oxygen atoms in total. The van der Waals surface area contributed by atoms with Gasteiger partial charge in [0.2, 0.25) is 10.0 Å². The number of allylic oxidation sites excluding steroid dienone is 2. The Bertz CT molecular complexity index is 1200. The third-order valence-electron chi connectivity index (χ3n) is 6.40. The van der Waals surface area contributed by atoms with Crippen LogP contribution in [0.5, 0.6) is 0 Å². The van der Waals surface area contributed by atoms with Gasteiger partial charge < -0.3 is 10.0 Å². The summed E-state index contributed by atoms with van der Waals surface area (Å²) in [6.07, 6.45) is 8.20. The van der Waals surface area contributed by atoms with E-state index in [0.717, 1.165) is 35.1 Å². The second-order valence-electron chi connectivity index (χ2n) is 9.02. The highest BCUT2D eigenvalue weighted by Crippen LogP contribution is 2.43. The lowest BCUT2D eigenvalue weighted by molar-refractivity contribution is 0.0822. The van der Waals surface area contributed by atoms with Gasteiger partial charge in [0, 0.05) is 38.4 Å². The fourth-order valence-electron chi connectivity index (χ4n) is 4.82. The molecule has 1 aromatic heterocycles. The first-order valence-electron chi connectivity index (χ1n) is 11.3. The van der Waals surface area contributed by atoms with Gasteiger partial charge in [-0.15, -0.1) is 0 Å². The molecule has 2 aromatic rings. The number of hydrogen-bond donors (Lipinski definition) is 1. The Morgan fingerprint density at radius 3 is 2.61 bits per heavy atom. The SMILES string of the molecule is CN(C)C(=O)c1cc2c(c(-c3cccc(C4=CCCCC4)c3)n1)[C@@H](CCO)N(S(C)(=O)=O)C2. The zero-order valence-corrected chi connectivity index (χ0v) is 20.2. The normalized spacial score (nSPS) is 18.7. The molecule has 176 valence electrons. The van der Waals surface area contributed by atoms with E-state index in [9.17, 15) is 18.3 Å². The smallest absolute Gasteiger partial charge is 0.271 e.